The third-order valence-electron chi connectivity index (χ3n) is 3.92. The molecule has 116 valence electrons. The van der Waals surface area contributed by atoms with E-state index < -0.39 is 11.9 Å². The second kappa shape index (κ2) is 6.15. The first kappa shape index (κ1) is 15.3. The lowest BCUT2D eigenvalue weighted by molar-refractivity contribution is -0.143. The number of nitrogens with one attached hydrogen (secondary N) is 1. The molecule has 2 heterocycles. The molecule has 0 saturated carbocycles. The van der Waals surface area contributed by atoms with Gasteiger partial charge in [-0.3, -0.25) is 4.79 Å². The van der Waals surface area contributed by atoms with Crippen molar-refractivity contribution in [3.8, 4) is 0 Å². The molecular formula is C14H21N3O4. The number of carboxylic acid groups (broad SMARTS) is 1. The van der Waals surface area contributed by atoms with Gasteiger partial charge in [0.1, 0.15) is 5.76 Å². The topological polar surface area (TPSA) is 95.7 Å². The standard InChI is InChI=1S/C14H21N3O4/c1-8(12-9(2)16-21-10(12)3)15-14(20)17-6-4-5-11(7-17)13(18)19/h8,11H,4-7H2,1-3H3,(H,15,20)(H,18,19)/t8?,11-/m1/s1. The fourth-order valence-electron chi connectivity index (χ4n) is 2.82. The van der Waals surface area contributed by atoms with Crippen molar-refractivity contribution in [3.05, 3.63) is 17.0 Å². The van der Waals surface area contributed by atoms with Crippen molar-refractivity contribution < 1.29 is 19.2 Å². The van der Waals surface area contributed by atoms with E-state index in [4.69, 9.17) is 9.63 Å². The van der Waals surface area contributed by atoms with Crippen molar-refractivity contribution in [2.75, 3.05) is 13.1 Å². The van der Waals surface area contributed by atoms with Gasteiger partial charge in [0.15, 0.2) is 0 Å². The molecule has 1 fully saturated rings. The van der Waals surface area contributed by atoms with Crippen molar-refractivity contribution in [2.45, 2.75) is 39.7 Å². The second-order valence-electron chi connectivity index (χ2n) is 5.53. The molecule has 7 heteroatoms. The Morgan fingerprint density at radius 1 is 1.48 bits per heavy atom. The zero-order valence-electron chi connectivity index (χ0n) is 12.5. The van der Waals surface area contributed by atoms with Gasteiger partial charge >= 0.3 is 12.0 Å². The molecule has 0 bridgehead atoms. The largest absolute Gasteiger partial charge is 0.481 e. The molecule has 2 atom stereocenters. The summed E-state index contributed by atoms with van der Waals surface area (Å²) in [5.74, 6) is -0.632. The highest BCUT2D eigenvalue weighted by atomic mass is 16.5. The molecule has 1 aromatic heterocycles. The van der Waals surface area contributed by atoms with Crippen LogP contribution in [0, 0.1) is 19.8 Å². The number of aromatic nitrogens is 1. The lowest BCUT2D eigenvalue weighted by atomic mass is 9.98. The van der Waals surface area contributed by atoms with Crippen LogP contribution in [0.1, 0.15) is 42.8 Å². The van der Waals surface area contributed by atoms with Crippen LogP contribution in [0.25, 0.3) is 0 Å². The summed E-state index contributed by atoms with van der Waals surface area (Å²) in [6.45, 7) is 6.34. The van der Waals surface area contributed by atoms with Gasteiger partial charge in [0, 0.05) is 18.7 Å². The highest BCUT2D eigenvalue weighted by molar-refractivity contribution is 5.77. The lowest BCUT2D eigenvalue weighted by Crippen LogP contribution is -2.47. The Kier molecular flexibility index (Phi) is 4.50. The number of urea groups is 1. The van der Waals surface area contributed by atoms with Crippen LogP contribution in [0.4, 0.5) is 4.79 Å². The molecular weight excluding hydrogens is 274 g/mol. The number of hydrogen-bond acceptors (Lipinski definition) is 4. The Balaban J connectivity index is 1.99. The highest BCUT2D eigenvalue weighted by Crippen LogP contribution is 2.22. The maximum Gasteiger partial charge on any atom is 0.317 e. The Bertz CT molecular complexity index is 521. The number of likely N-dealkylation sites (tertiary alicyclic amines) is 1. The Morgan fingerprint density at radius 2 is 2.19 bits per heavy atom. The molecule has 1 saturated heterocycles. The Hall–Kier alpha value is -2.05. The van der Waals surface area contributed by atoms with E-state index in [1.807, 2.05) is 13.8 Å². The van der Waals surface area contributed by atoms with Gasteiger partial charge < -0.3 is 19.8 Å². The van der Waals surface area contributed by atoms with E-state index >= 15 is 0 Å². The van der Waals surface area contributed by atoms with Gasteiger partial charge in [-0.05, 0) is 33.6 Å². The molecule has 0 radical (unpaired) electrons. The number of piperidine rings is 1. The first-order valence-electron chi connectivity index (χ1n) is 7.11. The number of rotatable bonds is 3. The molecule has 1 aromatic rings. The monoisotopic (exact) mass is 295 g/mol. The third kappa shape index (κ3) is 3.34. The summed E-state index contributed by atoms with van der Waals surface area (Å²) in [6.07, 6.45) is 1.34. The normalized spacial score (nSPS) is 20.1. The quantitative estimate of drug-likeness (QED) is 0.887. The van der Waals surface area contributed by atoms with Crippen LogP contribution in [-0.2, 0) is 4.79 Å². The fourth-order valence-corrected chi connectivity index (χ4v) is 2.82. The van der Waals surface area contributed by atoms with Crippen LogP contribution in [-0.4, -0.2) is 40.3 Å². The Labute approximate surface area is 123 Å². The van der Waals surface area contributed by atoms with Crippen LogP contribution in [0.15, 0.2) is 4.52 Å². The van der Waals surface area contributed by atoms with Gasteiger partial charge in [-0.2, -0.15) is 0 Å². The summed E-state index contributed by atoms with van der Waals surface area (Å²) >= 11 is 0. The van der Waals surface area contributed by atoms with E-state index in [-0.39, 0.29) is 18.6 Å². The minimum Gasteiger partial charge on any atom is -0.481 e. The first-order chi connectivity index (χ1) is 9.90. The summed E-state index contributed by atoms with van der Waals surface area (Å²) in [5, 5.41) is 15.8. The number of carbonyl (C=O) groups excluding carboxylic acids is 1. The second-order valence-corrected chi connectivity index (χ2v) is 5.53. The van der Waals surface area contributed by atoms with Crippen LogP contribution < -0.4 is 5.32 Å². The zero-order valence-corrected chi connectivity index (χ0v) is 12.5. The van der Waals surface area contributed by atoms with E-state index in [1.54, 1.807) is 11.8 Å². The van der Waals surface area contributed by atoms with Gasteiger partial charge in [0.2, 0.25) is 0 Å². The summed E-state index contributed by atoms with van der Waals surface area (Å²) in [6, 6.07) is -0.470. The summed E-state index contributed by atoms with van der Waals surface area (Å²) in [7, 11) is 0. The van der Waals surface area contributed by atoms with Crippen molar-refractivity contribution in [1.82, 2.24) is 15.4 Å². The van der Waals surface area contributed by atoms with Crippen molar-refractivity contribution in [2.24, 2.45) is 5.92 Å². The molecule has 2 amide bonds. The molecule has 7 nitrogen and oxygen atoms in total. The van der Waals surface area contributed by atoms with E-state index in [0.717, 1.165) is 11.3 Å². The number of hydrogen-bond donors (Lipinski definition) is 2. The van der Waals surface area contributed by atoms with E-state index in [1.165, 1.54) is 0 Å². The Morgan fingerprint density at radius 3 is 2.76 bits per heavy atom. The lowest BCUT2D eigenvalue weighted by Gasteiger charge is -2.31. The van der Waals surface area contributed by atoms with Gasteiger partial charge in [0.25, 0.3) is 0 Å². The summed E-state index contributed by atoms with van der Waals surface area (Å²) in [4.78, 5) is 24.9. The van der Waals surface area contributed by atoms with Crippen molar-refractivity contribution in [1.29, 1.82) is 0 Å². The number of carbonyl (C=O) groups is 2. The number of amides is 2. The molecule has 1 unspecified atom stereocenters. The van der Waals surface area contributed by atoms with Crippen LogP contribution >= 0.6 is 0 Å². The minimum absolute atomic E-state index is 0.228. The summed E-state index contributed by atoms with van der Waals surface area (Å²) in [5.41, 5.74) is 1.62. The first-order valence-corrected chi connectivity index (χ1v) is 7.11. The predicted octanol–water partition coefficient (Wildman–Crippen LogP) is 1.86. The number of carboxylic acids is 1. The predicted molar refractivity (Wildman–Crippen MR) is 74.9 cm³/mol. The smallest absolute Gasteiger partial charge is 0.317 e. The average molecular weight is 295 g/mol. The van der Waals surface area contributed by atoms with Gasteiger partial charge in [0.05, 0.1) is 17.7 Å². The molecule has 1 aliphatic heterocycles. The molecule has 0 aromatic carbocycles. The SMILES string of the molecule is Cc1noc(C)c1C(C)NC(=O)N1CCC[C@@H](C(=O)O)C1. The molecule has 21 heavy (non-hydrogen) atoms. The van der Waals surface area contributed by atoms with E-state index in [0.29, 0.717) is 25.1 Å². The van der Waals surface area contributed by atoms with Crippen molar-refractivity contribution in [3.63, 3.8) is 0 Å². The molecule has 2 rings (SSSR count). The molecule has 2 N–H and O–H groups in total. The minimum atomic E-state index is -0.841. The van der Waals surface area contributed by atoms with Crippen LogP contribution in [0.2, 0.25) is 0 Å². The number of nitrogens with zero attached hydrogens (tertiary/aromatic N) is 2. The molecule has 0 aliphatic carbocycles. The van der Waals surface area contributed by atoms with Gasteiger partial charge in [-0.15, -0.1) is 0 Å². The summed E-state index contributed by atoms with van der Waals surface area (Å²) < 4.78 is 5.10. The molecule has 1 aliphatic rings. The highest BCUT2D eigenvalue weighted by Gasteiger charge is 2.29. The average Bonchev–Trinajstić information content (AvgIpc) is 2.78. The number of aryl methyl sites for hydroxylation is 2. The van der Waals surface area contributed by atoms with Gasteiger partial charge in [-0.1, -0.05) is 5.16 Å². The fraction of sp³-hybridized carbons (Fsp3) is 0.643. The third-order valence-corrected chi connectivity index (χ3v) is 3.92. The van der Waals surface area contributed by atoms with Crippen LogP contribution in [0.5, 0.6) is 0 Å². The van der Waals surface area contributed by atoms with E-state index in [2.05, 4.69) is 10.5 Å². The van der Waals surface area contributed by atoms with Gasteiger partial charge in [-0.25, -0.2) is 4.79 Å². The maximum atomic E-state index is 12.3. The molecule has 0 spiro atoms. The number of aliphatic carboxylic acids is 1. The van der Waals surface area contributed by atoms with E-state index in [9.17, 15) is 9.59 Å². The van der Waals surface area contributed by atoms with Crippen LogP contribution in [0.3, 0.4) is 0 Å². The maximum absolute atomic E-state index is 12.3. The zero-order chi connectivity index (χ0) is 15.6. The van der Waals surface area contributed by atoms with Crippen molar-refractivity contribution >= 4 is 12.0 Å².